The van der Waals surface area contributed by atoms with Crippen molar-refractivity contribution >= 4 is 17.4 Å². The van der Waals surface area contributed by atoms with Crippen LogP contribution >= 0.6 is 0 Å². The van der Waals surface area contributed by atoms with Crippen LogP contribution in [0.3, 0.4) is 0 Å². The van der Waals surface area contributed by atoms with E-state index in [0.29, 0.717) is 11.5 Å². The van der Waals surface area contributed by atoms with Gasteiger partial charge in [0.25, 0.3) is 0 Å². The first kappa shape index (κ1) is 12.4. The molecule has 1 rings (SSSR count). The molecule has 0 fully saturated rings. The van der Waals surface area contributed by atoms with Crippen LogP contribution in [-0.2, 0) is 4.79 Å². The summed E-state index contributed by atoms with van der Waals surface area (Å²) in [5, 5.41) is 2.63. The number of aromatic nitrogens is 1. The van der Waals surface area contributed by atoms with E-state index in [0.717, 1.165) is 0 Å². The highest BCUT2D eigenvalue weighted by atomic mass is 16.2. The zero-order chi connectivity index (χ0) is 12.3. The molecular weight excluding hydrogens is 204 g/mol. The maximum absolute atomic E-state index is 11.8. The minimum atomic E-state index is -0.587. The van der Waals surface area contributed by atoms with Gasteiger partial charge in [0, 0.05) is 18.0 Å². The molecule has 1 atom stereocenters. The van der Waals surface area contributed by atoms with E-state index in [1.807, 2.05) is 20.8 Å². The molecule has 0 spiro atoms. The van der Waals surface area contributed by atoms with Crippen LogP contribution in [0.25, 0.3) is 0 Å². The molecule has 1 amide bonds. The third-order valence-electron chi connectivity index (χ3n) is 2.25. The molecule has 0 aliphatic heterocycles. The lowest BCUT2D eigenvalue weighted by Crippen LogP contribution is -2.45. The summed E-state index contributed by atoms with van der Waals surface area (Å²) in [6.45, 7) is 5.72. The Morgan fingerprint density at radius 1 is 1.50 bits per heavy atom. The standard InChI is InChI=1S/C11H18N4O/c1-11(2,3)9(13)10(16)15-8-6-7(12)4-5-14-8/h4-6,9H,13H2,1-3H3,(H3,12,14,15,16). The van der Waals surface area contributed by atoms with Crippen LogP contribution in [0.2, 0.25) is 0 Å². The highest BCUT2D eigenvalue weighted by Crippen LogP contribution is 2.18. The number of nitrogens with two attached hydrogens (primary N) is 2. The molecule has 1 aromatic rings. The Bertz CT molecular complexity index is 384. The van der Waals surface area contributed by atoms with Gasteiger partial charge < -0.3 is 16.8 Å². The molecule has 1 unspecified atom stereocenters. The quantitative estimate of drug-likeness (QED) is 0.695. The second kappa shape index (κ2) is 4.49. The Morgan fingerprint density at radius 3 is 2.62 bits per heavy atom. The van der Waals surface area contributed by atoms with Crippen LogP contribution in [0, 0.1) is 5.41 Å². The fourth-order valence-corrected chi connectivity index (χ4v) is 1.11. The number of rotatable bonds is 2. The maximum Gasteiger partial charge on any atom is 0.242 e. The molecule has 0 aromatic carbocycles. The first-order valence-corrected chi connectivity index (χ1v) is 5.08. The number of hydrogen-bond donors (Lipinski definition) is 3. The molecular formula is C11H18N4O. The minimum absolute atomic E-state index is 0.259. The van der Waals surface area contributed by atoms with Crippen LogP contribution in [-0.4, -0.2) is 16.9 Å². The Morgan fingerprint density at radius 2 is 2.12 bits per heavy atom. The molecule has 0 saturated carbocycles. The Kier molecular flexibility index (Phi) is 3.49. The fraction of sp³-hybridized carbons (Fsp3) is 0.455. The number of nitrogens with one attached hydrogen (secondary N) is 1. The average Bonchev–Trinajstić information content (AvgIpc) is 2.15. The van der Waals surface area contributed by atoms with Crippen molar-refractivity contribution < 1.29 is 4.79 Å². The van der Waals surface area contributed by atoms with Crippen molar-refractivity contribution in [1.82, 2.24) is 4.98 Å². The SMILES string of the molecule is CC(C)(C)C(N)C(=O)Nc1cc(N)ccn1. The summed E-state index contributed by atoms with van der Waals surface area (Å²) in [6, 6.07) is 2.66. The number of nitrogen functional groups attached to an aromatic ring is 1. The molecule has 5 heteroatoms. The molecule has 88 valence electrons. The van der Waals surface area contributed by atoms with Gasteiger partial charge in [-0.05, 0) is 11.5 Å². The first-order valence-electron chi connectivity index (χ1n) is 5.08. The van der Waals surface area contributed by atoms with Crippen molar-refractivity contribution in [2.75, 3.05) is 11.1 Å². The number of carbonyl (C=O) groups excluding carboxylic acids is 1. The van der Waals surface area contributed by atoms with Crippen molar-refractivity contribution in [3.8, 4) is 0 Å². The molecule has 0 aliphatic rings. The number of nitrogens with zero attached hydrogens (tertiary/aromatic N) is 1. The third-order valence-corrected chi connectivity index (χ3v) is 2.25. The maximum atomic E-state index is 11.8. The first-order chi connectivity index (χ1) is 7.30. The van der Waals surface area contributed by atoms with Gasteiger partial charge in [0.1, 0.15) is 5.82 Å². The van der Waals surface area contributed by atoms with Gasteiger partial charge >= 0.3 is 0 Å². The second-order valence-corrected chi connectivity index (χ2v) is 4.81. The molecule has 5 nitrogen and oxygen atoms in total. The summed E-state index contributed by atoms with van der Waals surface area (Å²) in [7, 11) is 0. The van der Waals surface area contributed by atoms with Gasteiger partial charge in [-0.15, -0.1) is 0 Å². The van der Waals surface area contributed by atoms with Crippen LogP contribution in [0.1, 0.15) is 20.8 Å². The van der Waals surface area contributed by atoms with E-state index in [-0.39, 0.29) is 11.3 Å². The molecule has 0 saturated heterocycles. The van der Waals surface area contributed by atoms with Crippen LogP contribution in [0.4, 0.5) is 11.5 Å². The second-order valence-electron chi connectivity index (χ2n) is 4.81. The Balaban J connectivity index is 2.72. The van der Waals surface area contributed by atoms with Crippen LogP contribution < -0.4 is 16.8 Å². The number of pyridine rings is 1. The number of carbonyl (C=O) groups is 1. The van der Waals surface area contributed by atoms with Gasteiger partial charge in [0.05, 0.1) is 6.04 Å². The molecule has 1 heterocycles. The number of hydrogen-bond acceptors (Lipinski definition) is 4. The van der Waals surface area contributed by atoms with Crippen molar-refractivity contribution in [1.29, 1.82) is 0 Å². The van der Waals surface area contributed by atoms with Gasteiger partial charge in [0.2, 0.25) is 5.91 Å². The molecule has 16 heavy (non-hydrogen) atoms. The van der Waals surface area contributed by atoms with Crippen molar-refractivity contribution in [3.05, 3.63) is 18.3 Å². The Labute approximate surface area is 95.2 Å². The predicted octanol–water partition coefficient (Wildman–Crippen LogP) is 0.976. The summed E-state index contributed by atoms with van der Waals surface area (Å²) in [5.74, 6) is 0.162. The van der Waals surface area contributed by atoms with Crippen LogP contribution in [0.5, 0.6) is 0 Å². The average molecular weight is 222 g/mol. The summed E-state index contributed by atoms with van der Waals surface area (Å²) in [5.41, 5.74) is 11.6. The fourth-order valence-electron chi connectivity index (χ4n) is 1.11. The largest absolute Gasteiger partial charge is 0.399 e. The third kappa shape index (κ3) is 3.20. The van der Waals surface area contributed by atoms with E-state index in [1.54, 1.807) is 12.1 Å². The van der Waals surface area contributed by atoms with Gasteiger partial charge in [-0.2, -0.15) is 0 Å². The van der Waals surface area contributed by atoms with E-state index in [2.05, 4.69) is 10.3 Å². The van der Waals surface area contributed by atoms with E-state index >= 15 is 0 Å². The highest BCUT2D eigenvalue weighted by Gasteiger charge is 2.27. The van der Waals surface area contributed by atoms with Gasteiger partial charge in [-0.3, -0.25) is 4.79 Å². The van der Waals surface area contributed by atoms with E-state index in [9.17, 15) is 4.79 Å². The lowest BCUT2D eigenvalue weighted by atomic mass is 9.87. The smallest absolute Gasteiger partial charge is 0.242 e. The van der Waals surface area contributed by atoms with Crippen molar-refractivity contribution in [3.63, 3.8) is 0 Å². The van der Waals surface area contributed by atoms with Gasteiger partial charge in [-0.25, -0.2) is 4.98 Å². The monoisotopic (exact) mass is 222 g/mol. The summed E-state index contributed by atoms with van der Waals surface area (Å²) in [4.78, 5) is 15.7. The molecule has 5 N–H and O–H groups in total. The number of anilines is 2. The number of amides is 1. The lowest BCUT2D eigenvalue weighted by Gasteiger charge is -2.25. The summed E-state index contributed by atoms with van der Waals surface area (Å²) >= 11 is 0. The molecule has 0 radical (unpaired) electrons. The van der Waals surface area contributed by atoms with Crippen molar-refractivity contribution in [2.24, 2.45) is 11.1 Å². The van der Waals surface area contributed by atoms with E-state index in [1.165, 1.54) is 6.20 Å². The van der Waals surface area contributed by atoms with Crippen molar-refractivity contribution in [2.45, 2.75) is 26.8 Å². The van der Waals surface area contributed by atoms with Gasteiger partial charge in [-0.1, -0.05) is 20.8 Å². The lowest BCUT2D eigenvalue weighted by molar-refractivity contribution is -0.119. The summed E-state index contributed by atoms with van der Waals surface area (Å²) in [6.07, 6.45) is 1.54. The Hall–Kier alpha value is -1.62. The molecule has 1 aromatic heterocycles. The topological polar surface area (TPSA) is 94.0 Å². The molecule has 0 aliphatic carbocycles. The molecule has 0 bridgehead atoms. The minimum Gasteiger partial charge on any atom is -0.399 e. The summed E-state index contributed by atoms with van der Waals surface area (Å²) < 4.78 is 0. The van der Waals surface area contributed by atoms with Gasteiger partial charge in [0.15, 0.2) is 0 Å². The normalized spacial score (nSPS) is 13.2. The highest BCUT2D eigenvalue weighted by molar-refractivity contribution is 5.94. The predicted molar refractivity (Wildman–Crippen MR) is 64.7 cm³/mol. The van der Waals surface area contributed by atoms with E-state index in [4.69, 9.17) is 11.5 Å². The zero-order valence-corrected chi connectivity index (χ0v) is 9.82. The van der Waals surface area contributed by atoms with E-state index < -0.39 is 6.04 Å². The van der Waals surface area contributed by atoms with Crippen LogP contribution in [0.15, 0.2) is 18.3 Å². The zero-order valence-electron chi connectivity index (χ0n) is 9.82.